The first-order valence-corrected chi connectivity index (χ1v) is 4.65. The van der Waals surface area contributed by atoms with Gasteiger partial charge in [0.05, 0.1) is 12.6 Å². The molecule has 0 aliphatic carbocycles. The highest BCUT2D eigenvalue weighted by molar-refractivity contribution is 5.81. The van der Waals surface area contributed by atoms with Crippen molar-refractivity contribution in [3.05, 3.63) is 0 Å². The van der Waals surface area contributed by atoms with Crippen LogP contribution >= 0.6 is 0 Å². The number of nitrogens with zero attached hydrogens (tertiary/aromatic N) is 1. The molecule has 0 rings (SSSR count). The minimum Gasteiger partial charge on any atom is -0.395 e. The van der Waals surface area contributed by atoms with Crippen LogP contribution in [0.5, 0.6) is 0 Å². The molecule has 78 valence electrons. The lowest BCUT2D eigenvalue weighted by molar-refractivity contribution is -0.126. The highest BCUT2D eigenvalue weighted by atomic mass is 16.3. The third-order valence-electron chi connectivity index (χ3n) is 2.30. The van der Waals surface area contributed by atoms with E-state index in [0.29, 0.717) is 6.54 Å². The molecule has 0 heterocycles. The molecule has 0 bridgehead atoms. The van der Waals surface area contributed by atoms with E-state index in [4.69, 9.17) is 5.11 Å². The van der Waals surface area contributed by atoms with Gasteiger partial charge in [-0.1, -0.05) is 0 Å². The minimum absolute atomic E-state index is 0.00491. The maximum Gasteiger partial charge on any atom is 0.237 e. The summed E-state index contributed by atoms with van der Waals surface area (Å²) in [6.45, 7) is 6.32. The number of amides is 1. The summed E-state index contributed by atoms with van der Waals surface area (Å²) < 4.78 is 0. The molecule has 2 unspecified atom stereocenters. The maximum atomic E-state index is 11.4. The number of carbonyl (C=O) groups is 1. The summed E-state index contributed by atoms with van der Waals surface area (Å²) >= 11 is 0. The van der Waals surface area contributed by atoms with E-state index in [0.717, 1.165) is 0 Å². The van der Waals surface area contributed by atoms with Gasteiger partial charge in [-0.3, -0.25) is 9.69 Å². The van der Waals surface area contributed by atoms with Crippen molar-refractivity contribution in [1.29, 1.82) is 0 Å². The Morgan fingerprint density at radius 2 is 2.08 bits per heavy atom. The van der Waals surface area contributed by atoms with Gasteiger partial charge in [-0.2, -0.15) is 0 Å². The molecule has 0 aromatic heterocycles. The van der Waals surface area contributed by atoms with Crippen LogP contribution in [0.1, 0.15) is 20.8 Å². The minimum atomic E-state index is -0.193. The van der Waals surface area contributed by atoms with Gasteiger partial charge in [0.2, 0.25) is 5.91 Å². The topological polar surface area (TPSA) is 52.6 Å². The zero-order chi connectivity index (χ0) is 10.4. The SMILES string of the molecule is CCNC(=O)C(C)N(C)C(C)CO. The van der Waals surface area contributed by atoms with Gasteiger partial charge in [0.1, 0.15) is 0 Å². The van der Waals surface area contributed by atoms with Gasteiger partial charge >= 0.3 is 0 Å². The van der Waals surface area contributed by atoms with Crippen LogP contribution in [0.25, 0.3) is 0 Å². The van der Waals surface area contributed by atoms with Crippen molar-refractivity contribution >= 4 is 5.91 Å². The monoisotopic (exact) mass is 188 g/mol. The van der Waals surface area contributed by atoms with E-state index in [-0.39, 0.29) is 24.6 Å². The molecule has 2 N–H and O–H groups in total. The summed E-state index contributed by atoms with van der Waals surface area (Å²) in [5.74, 6) is 0.00491. The van der Waals surface area contributed by atoms with Crippen molar-refractivity contribution in [3.63, 3.8) is 0 Å². The van der Waals surface area contributed by atoms with Gasteiger partial charge < -0.3 is 10.4 Å². The van der Waals surface area contributed by atoms with Crippen LogP contribution in [-0.2, 0) is 4.79 Å². The van der Waals surface area contributed by atoms with Crippen molar-refractivity contribution in [1.82, 2.24) is 10.2 Å². The summed E-state index contributed by atoms with van der Waals surface area (Å²) in [6.07, 6.45) is 0. The predicted octanol–water partition coefficient (Wildman–Crippen LogP) is -0.176. The first-order chi connectivity index (χ1) is 6.04. The number of hydrogen-bond donors (Lipinski definition) is 2. The van der Waals surface area contributed by atoms with Gasteiger partial charge in [0.15, 0.2) is 0 Å². The predicted molar refractivity (Wildman–Crippen MR) is 52.5 cm³/mol. The Hall–Kier alpha value is -0.610. The van der Waals surface area contributed by atoms with Crippen LogP contribution in [0, 0.1) is 0 Å². The standard InChI is InChI=1S/C9H20N2O2/c1-5-10-9(13)8(3)11(4)7(2)6-12/h7-8,12H,5-6H2,1-4H3,(H,10,13). The third-order valence-corrected chi connectivity index (χ3v) is 2.30. The molecule has 0 spiro atoms. The van der Waals surface area contributed by atoms with E-state index in [2.05, 4.69) is 5.32 Å². The van der Waals surface area contributed by atoms with Crippen LogP contribution in [-0.4, -0.2) is 48.2 Å². The zero-order valence-corrected chi connectivity index (χ0v) is 8.87. The van der Waals surface area contributed by atoms with Gasteiger partial charge in [-0.25, -0.2) is 0 Å². The van der Waals surface area contributed by atoms with Crippen LogP contribution in [0.15, 0.2) is 0 Å². The zero-order valence-electron chi connectivity index (χ0n) is 8.87. The Labute approximate surface area is 79.9 Å². The number of carbonyl (C=O) groups excluding carboxylic acids is 1. The molecule has 13 heavy (non-hydrogen) atoms. The number of aliphatic hydroxyl groups is 1. The van der Waals surface area contributed by atoms with Gasteiger partial charge in [-0.05, 0) is 27.8 Å². The van der Waals surface area contributed by atoms with Gasteiger partial charge in [-0.15, -0.1) is 0 Å². The Morgan fingerprint density at radius 3 is 2.46 bits per heavy atom. The van der Waals surface area contributed by atoms with Gasteiger partial charge in [0.25, 0.3) is 0 Å². The second-order valence-electron chi connectivity index (χ2n) is 3.27. The highest BCUT2D eigenvalue weighted by Gasteiger charge is 2.20. The smallest absolute Gasteiger partial charge is 0.237 e. The Morgan fingerprint density at radius 1 is 1.54 bits per heavy atom. The number of hydrogen-bond acceptors (Lipinski definition) is 3. The molecule has 0 aromatic rings. The van der Waals surface area contributed by atoms with Crippen LogP contribution < -0.4 is 5.32 Å². The fraction of sp³-hybridized carbons (Fsp3) is 0.889. The maximum absolute atomic E-state index is 11.4. The molecule has 0 saturated carbocycles. The first-order valence-electron chi connectivity index (χ1n) is 4.65. The quantitative estimate of drug-likeness (QED) is 0.629. The van der Waals surface area contributed by atoms with E-state index in [1.54, 1.807) is 0 Å². The largest absolute Gasteiger partial charge is 0.395 e. The third kappa shape index (κ3) is 3.74. The van der Waals surface area contributed by atoms with Crippen molar-refractivity contribution in [2.45, 2.75) is 32.9 Å². The molecule has 0 saturated heterocycles. The molecule has 0 aliphatic heterocycles. The summed E-state index contributed by atoms with van der Waals surface area (Å²) in [5.41, 5.74) is 0. The Bertz CT molecular complexity index is 162. The summed E-state index contributed by atoms with van der Waals surface area (Å²) in [6, 6.07) is -0.181. The summed E-state index contributed by atoms with van der Waals surface area (Å²) in [5, 5.41) is 11.6. The molecule has 0 radical (unpaired) electrons. The molecule has 2 atom stereocenters. The Balaban J connectivity index is 4.07. The number of nitrogens with one attached hydrogen (secondary N) is 1. The molecular formula is C9H20N2O2. The number of aliphatic hydroxyl groups excluding tert-OH is 1. The van der Waals surface area contributed by atoms with Gasteiger partial charge in [0, 0.05) is 12.6 Å². The average Bonchev–Trinajstić information content (AvgIpc) is 2.14. The van der Waals surface area contributed by atoms with Crippen molar-refractivity contribution in [3.8, 4) is 0 Å². The average molecular weight is 188 g/mol. The first kappa shape index (κ1) is 12.4. The van der Waals surface area contributed by atoms with E-state index in [1.165, 1.54) is 0 Å². The molecule has 4 heteroatoms. The van der Waals surface area contributed by atoms with Crippen LogP contribution in [0.2, 0.25) is 0 Å². The molecule has 0 fully saturated rings. The lowest BCUT2D eigenvalue weighted by atomic mass is 10.2. The second-order valence-corrected chi connectivity index (χ2v) is 3.27. The van der Waals surface area contributed by atoms with E-state index < -0.39 is 0 Å². The van der Waals surface area contributed by atoms with Crippen molar-refractivity contribution in [2.24, 2.45) is 0 Å². The molecule has 4 nitrogen and oxygen atoms in total. The van der Waals surface area contributed by atoms with E-state index in [1.807, 2.05) is 32.7 Å². The van der Waals surface area contributed by atoms with Crippen LogP contribution in [0.3, 0.4) is 0 Å². The van der Waals surface area contributed by atoms with Crippen molar-refractivity contribution in [2.75, 3.05) is 20.2 Å². The fourth-order valence-electron chi connectivity index (χ4n) is 1.02. The fourth-order valence-corrected chi connectivity index (χ4v) is 1.02. The Kier molecular flexibility index (Phi) is 5.66. The highest BCUT2D eigenvalue weighted by Crippen LogP contribution is 2.01. The lowest BCUT2D eigenvalue weighted by Crippen LogP contribution is -2.47. The van der Waals surface area contributed by atoms with Crippen LogP contribution in [0.4, 0.5) is 0 Å². The van der Waals surface area contributed by atoms with E-state index in [9.17, 15) is 4.79 Å². The molecule has 1 amide bonds. The van der Waals surface area contributed by atoms with E-state index >= 15 is 0 Å². The number of rotatable bonds is 5. The normalized spacial score (nSPS) is 15.5. The van der Waals surface area contributed by atoms with Crippen molar-refractivity contribution < 1.29 is 9.90 Å². The second kappa shape index (κ2) is 5.94. The number of likely N-dealkylation sites (N-methyl/N-ethyl adjacent to an activating group) is 2. The molecule has 0 aromatic carbocycles. The lowest BCUT2D eigenvalue weighted by Gasteiger charge is -2.28. The summed E-state index contributed by atoms with van der Waals surface area (Å²) in [7, 11) is 1.83. The molecular weight excluding hydrogens is 168 g/mol. The summed E-state index contributed by atoms with van der Waals surface area (Å²) in [4.78, 5) is 13.2. The molecule has 0 aliphatic rings.